The molecule has 1 fully saturated rings. The van der Waals surface area contributed by atoms with Gasteiger partial charge in [-0.25, -0.2) is 4.98 Å². The molecule has 18 heavy (non-hydrogen) atoms. The van der Waals surface area contributed by atoms with E-state index in [1.165, 1.54) is 0 Å². The smallest absolute Gasteiger partial charge is 0.336 e. The van der Waals surface area contributed by atoms with E-state index in [9.17, 15) is 13.2 Å². The van der Waals surface area contributed by atoms with Crippen LogP contribution in [0.5, 0.6) is 0 Å². The fourth-order valence-electron chi connectivity index (χ4n) is 2.49. The van der Waals surface area contributed by atoms with Crippen molar-refractivity contribution < 1.29 is 13.2 Å². The van der Waals surface area contributed by atoms with E-state index in [1.54, 1.807) is 12.5 Å². The third-order valence-corrected chi connectivity index (χ3v) is 3.50. The molecule has 6 heteroatoms. The molecule has 1 heterocycles. The highest BCUT2D eigenvalue weighted by Gasteiger charge is 2.41. The van der Waals surface area contributed by atoms with Crippen LogP contribution < -0.4 is 5.32 Å². The first-order valence-electron chi connectivity index (χ1n) is 6.31. The van der Waals surface area contributed by atoms with E-state index in [4.69, 9.17) is 0 Å². The fraction of sp³-hybridized carbons (Fsp3) is 0.750. The van der Waals surface area contributed by atoms with Crippen LogP contribution in [0.4, 0.5) is 13.2 Å². The van der Waals surface area contributed by atoms with Crippen molar-refractivity contribution in [2.45, 2.75) is 44.4 Å². The molecule has 2 unspecified atom stereocenters. The van der Waals surface area contributed by atoms with Gasteiger partial charge in [-0.15, -0.1) is 0 Å². The lowest BCUT2D eigenvalue weighted by Crippen LogP contribution is -2.39. The third-order valence-electron chi connectivity index (χ3n) is 3.50. The number of aromatic nitrogens is 2. The summed E-state index contributed by atoms with van der Waals surface area (Å²) < 4.78 is 39.8. The van der Waals surface area contributed by atoms with Gasteiger partial charge in [0.05, 0.1) is 12.2 Å². The summed E-state index contributed by atoms with van der Waals surface area (Å²) in [5.41, 5.74) is 0. The number of imidazole rings is 1. The Kier molecular flexibility index (Phi) is 4.27. The monoisotopic (exact) mass is 261 g/mol. The van der Waals surface area contributed by atoms with Gasteiger partial charge in [-0.3, -0.25) is 0 Å². The number of alkyl halides is 3. The zero-order chi connectivity index (χ0) is 13.0. The van der Waals surface area contributed by atoms with Crippen LogP contribution in [-0.4, -0.2) is 28.3 Å². The second-order valence-corrected chi connectivity index (χ2v) is 4.86. The van der Waals surface area contributed by atoms with Crippen LogP contribution >= 0.6 is 0 Å². The Hall–Kier alpha value is -1.04. The second-order valence-electron chi connectivity index (χ2n) is 4.86. The molecule has 0 bridgehead atoms. The summed E-state index contributed by atoms with van der Waals surface area (Å²) in [5.74, 6) is -1.13. The maximum Gasteiger partial charge on any atom is 0.391 e. The standard InChI is InChI=1S/C12H18F3N3/c13-12(14,15)10-2-1-3-11(8-10)17-5-7-18-6-4-16-9-18/h4,6,9-11,17H,1-3,5,7-8H2. The summed E-state index contributed by atoms with van der Waals surface area (Å²) in [6.45, 7) is 1.43. The van der Waals surface area contributed by atoms with Crippen LogP contribution in [0.2, 0.25) is 0 Å². The Labute approximate surface area is 104 Å². The number of nitrogens with one attached hydrogen (secondary N) is 1. The Balaban J connectivity index is 1.73. The van der Waals surface area contributed by atoms with Gasteiger partial charge in [-0.2, -0.15) is 13.2 Å². The van der Waals surface area contributed by atoms with Gasteiger partial charge >= 0.3 is 6.18 Å². The average Bonchev–Trinajstić information content (AvgIpc) is 2.81. The van der Waals surface area contributed by atoms with Crippen LogP contribution in [0.15, 0.2) is 18.7 Å². The van der Waals surface area contributed by atoms with Crippen molar-refractivity contribution in [2.24, 2.45) is 5.92 Å². The van der Waals surface area contributed by atoms with Crippen molar-refractivity contribution >= 4 is 0 Å². The molecule has 0 aromatic carbocycles. The summed E-state index contributed by atoms with van der Waals surface area (Å²) >= 11 is 0. The van der Waals surface area contributed by atoms with E-state index in [-0.39, 0.29) is 18.9 Å². The molecule has 3 nitrogen and oxygen atoms in total. The van der Waals surface area contributed by atoms with Crippen molar-refractivity contribution in [1.29, 1.82) is 0 Å². The number of halogens is 3. The molecule has 1 aliphatic carbocycles. The van der Waals surface area contributed by atoms with Crippen molar-refractivity contribution in [3.8, 4) is 0 Å². The van der Waals surface area contributed by atoms with Crippen LogP contribution in [0, 0.1) is 5.92 Å². The number of nitrogens with zero attached hydrogens (tertiary/aromatic N) is 2. The number of rotatable bonds is 4. The highest BCUT2D eigenvalue weighted by molar-refractivity contribution is 4.82. The minimum atomic E-state index is -4.04. The van der Waals surface area contributed by atoms with Gasteiger partial charge < -0.3 is 9.88 Å². The summed E-state index contributed by atoms with van der Waals surface area (Å²) in [4.78, 5) is 3.92. The number of hydrogen-bond donors (Lipinski definition) is 1. The quantitative estimate of drug-likeness (QED) is 0.902. The molecule has 0 radical (unpaired) electrons. The Morgan fingerprint density at radius 2 is 2.17 bits per heavy atom. The SMILES string of the molecule is FC(F)(F)C1CCCC(NCCn2ccnc2)C1. The normalized spacial score (nSPS) is 25.3. The molecule has 2 atom stereocenters. The van der Waals surface area contributed by atoms with Gasteiger partial charge in [0.2, 0.25) is 0 Å². The summed E-state index contributed by atoms with van der Waals surface area (Å²) in [7, 11) is 0. The first-order valence-corrected chi connectivity index (χ1v) is 6.31. The molecule has 0 aliphatic heterocycles. The molecule has 1 saturated carbocycles. The predicted molar refractivity (Wildman–Crippen MR) is 62.0 cm³/mol. The predicted octanol–water partition coefficient (Wildman–Crippen LogP) is 2.59. The van der Waals surface area contributed by atoms with Crippen LogP contribution in [0.3, 0.4) is 0 Å². The lowest BCUT2D eigenvalue weighted by Gasteiger charge is -2.31. The van der Waals surface area contributed by atoms with Crippen molar-refractivity contribution in [3.05, 3.63) is 18.7 Å². The Morgan fingerprint density at radius 3 is 2.83 bits per heavy atom. The van der Waals surface area contributed by atoms with E-state index < -0.39 is 12.1 Å². The molecule has 1 aromatic heterocycles. The van der Waals surface area contributed by atoms with E-state index in [2.05, 4.69) is 10.3 Å². The molecule has 0 amide bonds. The van der Waals surface area contributed by atoms with Gasteiger partial charge in [0.25, 0.3) is 0 Å². The van der Waals surface area contributed by atoms with Gasteiger partial charge in [-0.05, 0) is 19.3 Å². The molecule has 0 spiro atoms. The zero-order valence-electron chi connectivity index (χ0n) is 10.2. The fourth-order valence-corrected chi connectivity index (χ4v) is 2.49. The Bertz CT molecular complexity index is 348. The minimum absolute atomic E-state index is 0.00565. The molecular weight excluding hydrogens is 243 g/mol. The minimum Gasteiger partial charge on any atom is -0.336 e. The first-order chi connectivity index (χ1) is 8.55. The largest absolute Gasteiger partial charge is 0.391 e. The van der Waals surface area contributed by atoms with Crippen molar-refractivity contribution in [3.63, 3.8) is 0 Å². The molecule has 2 rings (SSSR count). The first kappa shape index (κ1) is 13.4. The summed E-state index contributed by atoms with van der Waals surface area (Å²) in [6, 6.07) is -0.00565. The second kappa shape index (κ2) is 5.73. The lowest BCUT2D eigenvalue weighted by molar-refractivity contribution is -0.183. The van der Waals surface area contributed by atoms with Gasteiger partial charge in [-0.1, -0.05) is 6.42 Å². The molecular formula is C12H18F3N3. The maximum absolute atomic E-state index is 12.6. The molecule has 0 saturated heterocycles. The van der Waals surface area contributed by atoms with Gasteiger partial charge in [0.1, 0.15) is 0 Å². The Morgan fingerprint density at radius 1 is 1.33 bits per heavy atom. The third kappa shape index (κ3) is 3.73. The highest BCUT2D eigenvalue weighted by atomic mass is 19.4. The van der Waals surface area contributed by atoms with E-state index in [1.807, 2.05) is 10.8 Å². The van der Waals surface area contributed by atoms with Gasteiger partial charge in [0.15, 0.2) is 0 Å². The van der Waals surface area contributed by atoms with E-state index in [0.717, 1.165) is 13.0 Å². The molecule has 1 aliphatic rings. The van der Waals surface area contributed by atoms with Crippen LogP contribution in [-0.2, 0) is 6.54 Å². The zero-order valence-corrected chi connectivity index (χ0v) is 10.2. The lowest BCUT2D eigenvalue weighted by atomic mass is 9.85. The van der Waals surface area contributed by atoms with E-state index >= 15 is 0 Å². The van der Waals surface area contributed by atoms with Crippen LogP contribution in [0.25, 0.3) is 0 Å². The highest BCUT2D eigenvalue weighted by Crippen LogP contribution is 2.37. The van der Waals surface area contributed by atoms with Crippen molar-refractivity contribution in [2.75, 3.05) is 6.54 Å². The maximum atomic E-state index is 12.6. The van der Waals surface area contributed by atoms with Gasteiger partial charge in [0, 0.05) is 31.5 Å². The van der Waals surface area contributed by atoms with Crippen molar-refractivity contribution in [1.82, 2.24) is 14.9 Å². The topological polar surface area (TPSA) is 29.9 Å². The number of hydrogen-bond acceptors (Lipinski definition) is 2. The average molecular weight is 261 g/mol. The van der Waals surface area contributed by atoms with Crippen LogP contribution in [0.1, 0.15) is 25.7 Å². The molecule has 102 valence electrons. The summed E-state index contributed by atoms with van der Waals surface area (Å²) in [6.07, 6.45) is 3.22. The molecule has 1 N–H and O–H groups in total. The molecule has 1 aromatic rings. The van der Waals surface area contributed by atoms with E-state index in [0.29, 0.717) is 13.0 Å². The summed E-state index contributed by atoms with van der Waals surface area (Å²) in [5, 5.41) is 3.21.